The lowest BCUT2D eigenvalue weighted by Gasteiger charge is -2.15. The van der Waals surface area contributed by atoms with Crippen LogP contribution in [0.5, 0.6) is 0 Å². The molecule has 0 heterocycles. The fourth-order valence-electron chi connectivity index (χ4n) is 2.09. The molecule has 0 aliphatic carbocycles. The second-order valence-electron chi connectivity index (χ2n) is 4.49. The molecule has 0 saturated carbocycles. The van der Waals surface area contributed by atoms with E-state index in [-0.39, 0.29) is 0 Å². The molecule has 0 aromatic heterocycles. The first-order chi connectivity index (χ1) is 9.31. The Morgan fingerprint density at radius 1 is 1.00 bits per heavy atom. The van der Waals surface area contributed by atoms with E-state index < -0.39 is 6.10 Å². The molecule has 2 aromatic carbocycles. The third kappa shape index (κ3) is 3.98. The van der Waals surface area contributed by atoms with Gasteiger partial charge in [0.25, 0.3) is 0 Å². The number of aryl methyl sites for hydroxylation is 1. The molecular formula is C17H18OS. The number of aliphatic hydroxyl groups excluding tert-OH is 1. The summed E-state index contributed by atoms with van der Waals surface area (Å²) in [6, 6.07) is 20.1. The van der Waals surface area contributed by atoms with Gasteiger partial charge in [0.1, 0.15) is 0 Å². The van der Waals surface area contributed by atoms with Crippen molar-refractivity contribution in [1.29, 1.82) is 0 Å². The third-order valence-corrected chi connectivity index (χ3v) is 3.43. The van der Waals surface area contributed by atoms with E-state index in [4.69, 9.17) is 0 Å². The maximum Gasteiger partial charge on any atom is 0.0803 e. The van der Waals surface area contributed by atoms with Crippen molar-refractivity contribution in [2.45, 2.75) is 18.9 Å². The number of hydrogen-bond donors (Lipinski definition) is 2. The van der Waals surface area contributed by atoms with E-state index in [0.29, 0.717) is 6.42 Å². The molecule has 0 aliphatic rings. The molecule has 19 heavy (non-hydrogen) atoms. The number of rotatable bonds is 5. The lowest BCUT2D eigenvalue weighted by Crippen LogP contribution is -2.10. The minimum atomic E-state index is -0.486. The van der Waals surface area contributed by atoms with Crippen molar-refractivity contribution in [2.24, 2.45) is 0 Å². The maximum atomic E-state index is 10.3. The van der Waals surface area contributed by atoms with Gasteiger partial charge in [0.15, 0.2) is 0 Å². The first kappa shape index (κ1) is 13.9. The molecule has 98 valence electrons. The summed E-state index contributed by atoms with van der Waals surface area (Å²) in [5.74, 6) is 0. The molecule has 0 amide bonds. The number of thiol groups is 1. The highest BCUT2D eigenvalue weighted by Gasteiger charge is 2.12. The van der Waals surface area contributed by atoms with Gasteiger partial charge in [-0.05, 0) is 34.9 Å². The van der Waals surface area contributed by atoms with Gasteiger partial charge in [0.2, 0.25) is 0 Å². The summed E-state index contributed by atoms with van der Waals surface area (Å²) in [6.07, 6.45) is 1.07. The van der Waals surface area contributed by atoms with Crippen LogP contribution < -0.4 is 0 Å². The van der Waals surface area contributed by atoms with Gasteiger partial charge in [-0.1, -0.05) is 60.7 Å². The van der Waals surface area contributed by atoms with Crippen LogP contribution in [-0.4, -0.2) is 11.2 Å². The normalized spacial score (nSPS) is 13.3. The molecule has 0 bridgehead atoms. The van der Waals surface area contributed by atoms with Crippen molar-refractivity contribution in [3.63, 3.8) is 0 Å². The predicted octanol–water partition coefficient (Wildman–Crippen LogP) is 3.95. The molecule has 0 saturated heterocycles. The maximum absolute atomic E-state index is 10.3. The van der Waals surface area contributed by atoms with Crippen molar-refractivity contribution in [3.8, 4) is 0 Å². The monoisotopic (exact) mass is 270 g/mol. The standard InChI is InChI=1S/C17H18OS/c18-17(12-11-14-7-3-1-4-8-14)16(13-19)15-9-5-2-6-10-15/h1-10,13,17-19H,11-12H2/b16-13+. The highest BCUT2D eigenvalue weighted by atomic mass is 32.1. The van der Waals surface area contributed by atoms with Gasteiger partial charge in [-0.2, -0.15) is 12.6 Å². The molecule has 2 heteroatoms. The summed E-state index contributed by atoms with van der Waals surface area (Å²) < 4.78 is 0. The predicted molar refractivity (Wildman–Crippen MR) is 84.2 cm³/mol. The van der Waals surface area contributed by atoms with Crippen LogP contribution in [0.15, 0.2) is 66.1 Å². The Balaban J connectivity index is 2.01. The SMILES string of the molecule is OC(CCc1ccccc1)/C(=C/S)c1ccccc1. The van der Waals surface area contributed by atoms with Crippen LogP contribution in [0.4, 0.5) is 0 Å². The zero-order valence-corrected chi connectivity index (χ0v) is 11.6. The lowest BCUT2D eigenvalue weighted by atomic mass is 9.97. The van der Waals surface area contributed by atoms with Crippen LogP contribution in [0.25, 0.3) is 5.57 Å². The Hall–Kier alpha value is -1.51. The van der Waals surface area contributed by atoms with Crippen LogP contribution in [-0.2, 0) is 6.42 Å². The fraction of sp³-hybridized carbons (Fsp3) is 0.176. The Kier molecular flexibility index (Phi) is 5.25. The van der Waals surface area contributed by atoms with Crippen LogP contribution in [0.3, 0.4) is 0 Å². The zero-order valence-electron chi connectivity index (χ0n) is 10.7. The Morgan fingerprint density at radius 3 is 2.16 bits per heavy atom. The molecule has 1 nitrogen and oxygen atoms in total. The molecule has 1 N–H and O–H groups in total. The van der Waals surface area contributed by atoms with Crippen molar-refractivity contribution in [2.75, 3.05) is 0 Å². The van der Waals surface area contributed by atoms with Crippen LogP contribution in [0.1, 0.15) is 17.5 Å². The summed E-state index contributed by atoms with van der Waals surface area (Å²) in [5.41, 5.74) is 3.14. The minimum Gasteiger partial charge on any atom is -0.388 e. The topological polar surface area (TPSA) is 20.2 Å². The summed E-state index contributed by atoms with van der Waals surface area (Å²) >= 11 is 4.22. The number of aliphatic hydroxyl groups is 1. The molecule has 1 atom stereocenters. The van der Waals surface area contributed by atoms with Gasteiger partial charge in [-0.15, -0.1) is 0 Å². The second-order valence-corrected chi connectivity index (χ2v) is 4.75. The van der Waals surface area contributed by atoms with E-state index in [0.717, 1.165) is 17.6 Å². The van der Waals surface area contributed by atoms with E-state index in [2.05, 4.69) is 24.8 Å². The quantitative estimate of drug-likeness (QED) is 0.788. The largest absolute Gasteiger partial charge is 0.388 e. The van der Waals surface area contributed by atoms with Crippen LogP contribution in [0.2, 0.25) is 0 Å². The first-order valence-electron chi connectivity index (χ1n) is 6.43. The Bertz CT molecular complexity index is 519. The van der Waals surface area contributed by atoms with Crippen molar-refractivity contribution in [3.05, 3.63) is 77.2 Å². The van der Waals surface area contributed by atoms with Crippen molar-refractivity contribution >= 4 is 18.2 Å². The number of hydrogen-bond acceptors (Lipinski definition) is 2. The van der Waals surface area contributed by atoms with E-state index >= 15 is 0 Å². The molecule has 2 rings (SSSR count). The molecule has 1 unspecified atom stereocenters. The molecule has 0 fully saturated rings. The van der Waals surface area contributed by atoms with Crippen molar-refractivity contribution < 1.29 is 5.11 Å². The Labute approximate surface area is 120 Å². The van der Waals surface area contributed by atoms with Gasteiger partial charge in [0, 0.05) is 0 Å². The fourth-order valence-corrected chi connectivity index (χ4v) is 2.41. The van der Waals surface area contributed by atoms with Gasteiger partial charge in [0.05, 0.1) is 6.10 Å². The van der Waals surface area contributed by atoms with Gasteiger partial charge < -0.3 is 5.11 Å². The molecule has 2 aromatic rings. The summed E-state index contributed by atoms with van der Waals surface area (Å²) in [7, 11) is 0. The second kappa shape index (κ2) is 7.17. The van der Waals surface area contributed by atoms with E-state index in [9.17, 15) is 5.11 Å². The average molecular weight is 270 g/mol. The average Bonchev–Trinajstić information content (AvgIpc) is 2.48. The van der Waals surface area contributed by atoms with Gasteiger partial charge >= 0.3 is 0 Å². The van der Waals surface area contributed by atoms with Crippen LogP contribution >= 0.6 is 12.6 Å². The van der Waals surface area contributed by atoms with E-state index in [1.165, 1.54) is 5.56 Å². The summed E-state index contributed by atoms with van der Waals surface area (Å²) in [4.78, 5) is 0. The zero-order chi connectivity index (χ0) is 13.5. The minimum absolute atomic E-state index is 0.486. The van der Waals surface area contributed by atoms with Crippen molar-refractivity contribution in [1.82, 2.24) is 0 Å². The summed E-state index contributed by atoms with van der Waals surface area (Å²) in [5, 5.41) is 12.0. The van der Waals surface area contributed by atoms with E-state index in [1.54, 1.807) is 5.41 Å². The van der Waals surface area contributed by atoms with Gasteiger partial charge in [-0.25, -0.2) is 0 Å². The molecule has 0 aliphatic heterocycles. The number of benzene rings is 2. The summed E-state index contributed by atoms with van der Waals surface area (Å²) in [6.45, 7) is 0. The molecular weight excluding hydrogens is 252 g/mol. The highest BCUT2D eigenvalue weighted by Crippen LogP contribution is 2.22. The van der Waals surface area contributed by atoms with Gasteiger partial charge in [-0.3, -0.25) is 0 Å². The van der Waals surface area contributed by atoms with E-state index in [1.807, 2.05) is 48.5 Å². The highest BCUT2D eigenvalue weighted by molar-refractivity contribution is 7.83. The van der Waals surface area contributed by atoms with Crippen LogP contribution in [0, 0.1) is 0 Å². The lowest BCUT2D eigenvalue weighted by molar-refractivity contribution is 0.222. The molecule has 0 spiro atoms. The smallest absolute Gasteiger partial charge is 0.0803 e. The first-order valence-corrected chi connectivity index (χ1v) is 6.94. The Morgan fingerprint density at radius 2 is 1.58 bits per heavy atom. The molecule has 0 radical (unpaired) electrons. The third-order valence-electron chi connectivity index (χ3n) is 3.15.